The predicted octanol–water partition coefficient (Wildman–Crippen LogP) is 0.426. The number of rotatable bonds is 2. The minimum atomic E-state index is -1.25. The average Bonchev–Trinajstić information content (AvgIpc) is 1.79. The van der Waals surface area contributed by atoms with Crippen LogP contribution in [0.5, 0.6) is 0 Å². The monoisotopic (exact) mass is 189 g/mol. The van der Waals surface area contributed by atoms with Gasteiger partial charge in [-0.05, 0) is 34.6 Å². The summed E-state index contributed by atoms with van der Waals surface area (Å²) in [5.74, 6) is -0.583. The molecule has 0 aromatic heterocycles. The summed E-state index contributed by atoms with van der Waals surface area (Å²) in [6, 6.07) is -1.01. The molecule has 1 atom stereocenters. The Labute approximate surface area is 79.1 Å². The highest BCUT2D eigenvalue weighted by Gasteiger charge is 2.33. The van der Waals surface area contributed by atoms with E-state index >= 15 is 0 Å². The van der Waals surface area contributed by atoms with Crippen LogP contribution in [0.3, 0.4) is 0 Å². The lowest BCUT2D eigenvalue weighted by Gasteiger charge is -2.27. The molecule has 0 fully saturated rings. The molecule has 0 radical (unpaired) electrons. The second-order valence-corrected chi connectivity index (χ2v) is 4.66. The average molecular weight is 189 g/mol. The van der Waals surface area contributed by atoms with E-state index in [2.05, 4.69) is 0 Å². The van der Waals surface area contributed by atoms with E-state index in [0.717, 1.165) is 0 Å². The normalized spacial score (nSPS) is 15.3. The van der Waals surface area contributed by atoms with Crippen molar-refractivity contribution in [2.75, 3.05) is 0 Å². The van der Waals surface area contributed by atoms with Crippen molar-refractivity contribution in [3.8, 4) is 0 Å². The molecule has 0 saturated carbocycles. The third-order valence-corrected chi connectivity index (χ3v) is 1.42. The molecule has 4 heteroatoms. The number of hydrogen-bond acceptors (Lipinski definition) is 4. The Morgan fingerprint density at radius 2 is 1.69 bits per heavy atom. The second kappa shape index (κ2) is 3.64. The van der Waals surface area contributed by atoms with Crippen molar-refractivity contribution in [3.63, 3.8) is 0 Å². The molecule has 0 bridgehead atoms. The van der Waals surface area contributed by atoms with Crippen molar-refractivity contribution < 1.29 is 14.6 Å². The molecule has 0 aromatic carbocycles. The molecule has 78 valence electrons. The van der Waals surface area contributed by atoms with Crippen LogP contribution in [0.2, 0.25) is 0 Å². The molecule has 0 aliphatic carbocycles. The molecule has 0 heterocycles. The van der Waals surface area contributed by atoms with Gasteiger partial charge < -0.3 is 15.6 Å². The standard InChI is InChI=1S/C9H19NO3/c1-8(2,3)13-7(11)6(10)9(4,5)12/h6,12H,10H2,1-5H3. The van der Waals surface area contributed by atoms with Crippen molar-refractivity contribution in [2.24, 2.45) is 5.73 Å². The molecule has 0 aliphatic heterocycles. The van der Waals surface area contributed by atoms with Crippen LogP contribution in [-0.4, -0.2) is 28.3 Å². The fourth-order valence-corrected chi connectivity index (χ4v) is 0.654. The molecule has 13 heavy (non-hydrogen) atoms. The van der Waals surface area contributed by atoms with Crippen LogP contribution in [0.1, 0.15) is 34.6 Å². The number of carbonyl (C=O) groups excluding carboxylic acids is 1. The molecule has 3 N–H and O–H groups in total. The van der Waals surface area contributed by atoms with Gasteiger partial charge in [0.1, 0.15) is 11.6 Å². The lowest BCUT2D eigenvalue weighted by atomic mass is 10.00. The quantitative estimate of drug-likeness (QED) is 0.618. The SMILES string of the molecule is CC(C)(C)OC(=O)C(N)C(C)(C)O. The van der Waals surface area contributed by atoms with Gasteiger partial charge in [0.2, 0.25) is 0 Å². The zero-order chi connectivity index (χ0) is 10.9. The van der Waals surface area contributed by atoms with Crippen LogP contribution in [0, 0.1) is 0 Å². The highest BCUT2D eigenvalue weighted by Crippen LogP contribution is 2.13. The fraction of sp³-hybridized carbons (Fsp3) is 0.889. The smallest absolute Gasteiger partial charge is 0.326 e. The van der Waals surface area contributed by atoms with Gasteiger partial charge >= 0.3 is 5.97 Å². The summed E-state index contributed by atoms with van der Waals surface area (Å²) < 4.78 is 5.00. The van der Waals surface area contributed by atoms with Gasteiger partial charge in [-0.1, -0.05) is 0 Å². The third-order valence-electron chi connectivity index (χ3n) is 1.42. The Hall–Kier alpha value is -0.610. The molecule has 1 unspecified atom stereocenters. The summed E-state index contributed by atoms with van der Waals surface area (Å²) in [6.07, 6.45) is 0. The first-order chi connectivity index (χ1) is 5.54. The van der Waals surface area contributed by atoms with Gasteiger partial charge in [0.15, 0.2) is 0 Å². The molecule has 0 rings (SSSR count). The summed E-state index contributed by atoms with van der Waals surface area (Å²) in [6.45, 7) is 8.20. The topological polar surface area (TPSA) is 72.5 Å². The van der Waals surface area contributed by atoms with E-state index in [-0.39, 0.29) is 0 Å². The van der Waals surface area contributed by atoms with Crippen molar-refractivity contribution in [2.45, 2.75) is 51.9 Å². The number of carbonyl (C=O) groups is 1. The maximum Gasteiger partial charge on any atom is 0.326 e. The first-order valence-electron chi connectivity index (χ1n) is 4.25. The summed E-state index contributed by atoms with van der Waals surface area (Å²) >= 11 is 0. The van der Waals surface area contributed by atoms with Gasteiger partial charge in [-0.25, -0.2) is 0 Å². The van der Waals surface area contributed by atoms with Gasteiger partial charge in [0, 0.05) is 0 Å². The summed E-state index contributed by atoms with van der Waals surface area (Å²) in [4.78, 5) is 11.3. The second-order valence-electron chi connectivity index (χ2n) is 4.66. The molecule has 0 aromatic rings. The molecule has 0 spiro atoms. The first kappa shape index (κ1) is 12.4. The maximum atomic E-state index is 11.3. The lowest BCUT2D eigenvalue weighted by molar-refractivity contribution is -0.161. The van der Waals surface area contributed by atoms with E-state index in [4.69, 9.17) is 10.5 Å². The Kier molecular flexibility index (Phi) is 3.47. The van der Waals surface area contributed by atoms with E-state index < -0.39 is 23.2 Å². The minimum absolute atomic E-state index is 0.569. The van der Waals surface area contributed by atoms with Crippen LogP contribution < -0.4 is 5.73 Å². The van der Waals surface area contributed by atoms with Crippen molar-refractivity contribution >= 4 is 5.97 Å². The van der Waals surface area contributed by atoms with Gasteiger partial charge in [0.25, 0.3) is 0 Å². The van der Waals surface area contributed by atoms with Gasteiger partial charge in [-0.2, -0.15) is 0 Å². The minimum Gasteiger partial charge on any atom is -0.459 e. The third kappa shape index (κ3) is 4.85. The molecular formula is C9H19NO3. The van der Waals surface area contributed by atoms with Crippen LogP contribution in [0.15, 0.2) is 0 Å². The number of esters is 1. The molecular weight excluding hydrogens is 170 g/mol. The number of aliphatic hydroxyl groups is 1. The molecule has 0 amide bonds. The van der Waals surface area contributed by atoms with Crippen LogP contribution >= 0.6 is 0 Å². The zero-order valence-corrected chi connectivity index (χ0v) is 8.92. The Bertz CT molecular complexity index is 188. The largest absolute Gasteiger partial charge is 0.459 e. The molecule has 4 nitrogen and oxygen atoms in total. The summed E-state index contributed by atoms with van der Waals surface area (Å²) in [5, 5.41) is 9.43. The summed E-state index contributed by atoms with van der Waals surface area (Å²) in [7, 11) is 0. The molecule has 0 saturated heterocycles. The highest BCUT2D eigenvalue weighted by molar-refractivity contribution is 5.77. The van der Waals surface area contributed by atoms with E-state index in [0.29, 0.717) is 0 Å². The highest BCUT2D eigenvalue weighted by atomic mass is 16.6. The van der Waals surface area contributed by atoms with Crippen molar-refractivity contribution in [1.82, 2.24) is 0 Å². The van der Waals surface area contributed by atoms with Gasteiger partial charge in [0.05, 0.1) is 5.60 Å². The van der Waals surface area contributed by atoms with Gasteiger partial charge in [-0.3, -0.25) is 4.79 Å². The van der Waals surface area contributed by atoms with Gasteiger partial charge in [-0.15, -0.1) is 0 Å². The lowest BCUT2D eigenvalue weighted by Crippen LogP contribution is -2.51. The van der Waals surface area contributed by atoms with E-state index in [1.807, 2.05) is 0 Å². The zero-order valence-electron chi connectivity index (χ0n) is 8.92. The van der Waals surface area contributed by atoms with E-state index in [9.17, 15) is 9.90 Å². The van der Waals surface area contributed by atoms with Crippen molar-refractivity contribution in [1.29, 1.82) is 0 Å². The Balaban J connectivity index is 4.30. The fourth-order valence-electron chi connectivity index (χ4n) is 0.654. The van der Waals surface area contributed by atoms with Crippen LogP contribution in [0.4, 0.5) is 0 Å². The first-order valence-corrected chi connectivity index (χ1v) is 4.25. The van der Waals surface area contributed by atoms with Crippen LogP contribution in [0.25, 0.3) is 0 Å². The number of nitrogens with two attached hydrogens (primary N) is 1. The molecule has 0 aliphatic rings. The Morgan fingerprint density at radius 1 is 1.31 bits per heavy atom. The van der Waals surface area contributed by atoms with Crippen LogP contribution in [-0.2, 0) is 9.53 Å². The van der Waals surface area contributed by atoms with E-state index in [1.165, 1.54) is 13.8 Å². The summed E-state index contributed by atoms with van der Waals surface area (Å²) in [5.41, 5.74) is 3.66. The maximum absolute atomic E-state index is 11.3. The van der Waals surface area contributed by atoms with E-state index in [1.54, 1.807) is 20.8 Å². The Morgan fingerprint density at radius 3 is 1.92 bits per heavy atom. The number of ether oxygens (including phenoxy) is 1. The van der Waals surface area contributed by atoms with Crippen molar-refractivity contribution in [3.05, 3.63) is 0 Å². The predicted molar refractivity (Wildman–Crippen MR) is 50.1 cm³/mol. The number of hydrogen-bond donors (Lipinski definition) is 2.